The van der Waals surface area contributed by atoms with E-state index in [0.29, 0.717) is 11.0 Å². The van der Waals surface area contributed by atoms with Crippen molar-refractivity contribution in [1.82, 2.24) is 0 Å². The molecule has 1 heterocycles. The van der Waals surface area contributed by atoms with Gasteiger partial charge in [0.25, 0.3) is 0 Å². The van der Waals surface area contributed by atoms with E-state index in [1.165, 1.54) is 6.07 Å². The molecule has 0 atom stereocenters. The molecule has 2 rings (SSSR count). The Morgan fingerprint density at radius 1 is 1.38 bits per heavy atom. The Hall–Kier alpha value is -1.71. The van der Waals surface area contributed by atoms with Crippen molar-refractivity contribution in [1.29, 1.82) is 0 Å². The summed E-state index contributed by atoms with van der Waals surface area (Å²) in [5, 5.41) is 9.37. The third kappa shape index (κ3) is 1.31. The SMILES string of the molecule is [B]c1ccc2cc(C(=O)O)oc2c1. The first-order chi connectivity index (χ1) is 6.16. The molecule has 0 bridgehead atoms. The van der Waals surface area contributed by atoms with Gasteiger partial charge in [-0.1, -0.05) is 17.6 Å². The van der Waals surface area contributed by atoms with Gasteiger partial charge in [0.15, 0.2) is 0 Å². The quantitative estimate of drug-likeness (QED) is 0.650. The van der Waals surface area contributed by atoms with Crippen molar-refractivity contribution in [2.45, 2.75) is 0 Å². The maximum Gasteiger partial charge on any atom is 0.371 e. The first-order valence-corrected chi connectivity index (χ1v) is 3.69. The minimum absolute atomic E-state index is 0.0689. The van der Waals surface area contributed by atoms with Gasteiger partial charge in [-0.25, -0.2) is 4.79 Å². The second kappa shape index (κ2) is 2.66. The van der Waals surface area contributed by atoms with Crippen molar-refractivity contribution in [3.8, 4) is 0 Å². The fourth-order valence-electron chi connectivity index (χ4n) is 1.15. The summed E-state index contributed by atoms with van der Waals surface area (Å²) in [4.78, 5) is 10.5. The number of furan rings is 1. The first-order valence-electron chi connectivity index (χ1n) is 3.69. The summed E-state index contributed by atoms with van der Waals surface area (Å²) in [6.45, 7) is 0. The summed E-state index contributed by atoms with van der Waals surface area (Å²) >= 11 is 0. The van der Waals surface area contributed by atoms with Gasteiger partial charge in [0.05, 0.1) is 0 Å². The summed E-state index contributed by atoms with van der Waals surface area (Å²) in [6, 6.07) is 6.49. The number of aromatic carboxylic acids is 1. The number of rotatable bonds is 1. The zero-order valence-electron chi connectivity index (χ0n) is 6.65. The van der Waals surface area contributed by atoms with Gasteiger partial charge in [0.2, 0.25) is 5.76 Å². The Labute approximate surface area is 75.4 Å². The molecule has 0 amide bonds. The van der Waals surface area contributed by atoms with E-state index in [1.807, 2.05) is 0 Å². The highest BCUT2D eigenvalue weighted by Crippen LogP contribution is 2.17. The van der Waals surface area contributed by atoms with Gasteiger partial charge in [-0.2, -0.15) is 0 Å². The molecular formula is C9H5BO3. The third-order valence-corrected chi connectivity index (χ3v) is 1.75. The summed E-state index contributed by atoms with van der Waals surface area (Å²) in [5.41, 5.74) is 1.05. The van der Waals surface area contributed by atoms with Gasteiger partial charge in [-0.15, -0.1) is 0 Å². The van der Waals surface area contributed by atoms with Crippen LogP contribution in [0.5, 0.6) is 0 Å². The second-order valence-electron chi connectivity index (χ2n) is 2.71. The maximum absolute atomic E-state index is 10.5. The largest absolute Gasteiger partial charge is 0.475 e. The van der Waals surface area contributed by atoms with E-state index in [9.17, 15) is 4.79 Å². The van der Waals surface area contributed by atoms with E-state index >= 15 is 0 Å². The minimum Gasteiger partial charge on any atom is -0.475 e. The van der Waals surface area contributed by atoms with Crippen LogP contribution in [0.4, 0.5) is 0 Å². The van der Waals surface area contributed by atoms with Gasteiger partial charge >= 0.3 is 5.97 Å². The highest BCUT2D eigenvalue weighted by atomic mass is 16.4. The number of hydrogen-bond donors (Lipinski definition) is 1. The van der Waals surface area contributed by atoms with Crippen LogP contribution in [-0.2, 0) is 0 Å². The van der Waals surface area contributed by atoms with E-state index < -0.39 is 5.97 Å². The average Bonchev–Trinajstić information content (AvgIpc) is 2.46. The zero-order chi connectivity index (χ0) is 9.42. The normalized spacial score (nSPS) is 10.5. The van der Waals surface area contributed by atoms with Crippen LogP contribution in [0.3, 0.4) is 0 Å². The van der Waals surface area contributed by atoms with E-state index in [0.717, 1.165) is 5.39 Å². The van der Waals surface area contributed by atoms with Crippen LogP contribution in [0.15, 0.2) is 28.7 Å². The Kier molecular flexibility index (Phi) is 1.62. The number of carboxylic acids is 1. The third-order valence-electron chi connectivity index (χ3n) is 1.75. The number of carbonyl (C=O) groups is 1. The Bertz CT molecular complexity index is 473. The highest BCUT2D eigenvalue weighted by Gasteiger charge is 2.09. The molecule has 0 fully saturated rings. The van der Waals surface area contributed by atoms with E-state index in [-0.39, 0.29) is 5.76 Å². The number of benzene rings is 1. The molecule has 0 unspecified atom stereocenters. The molecule has 2 radical (unpaired) electrons. The molecular weight excluding hydrogens is 167 g/mol. The van der Waals surface area contributed by atoms with E-state index in [1.54, 1.807) is 18.2 Å². The van der Waals surface area contributed by atoms with Gasteiger partial charge in [0.1, 0.15) is 13.4 Å². The summed E-state index contributed by atoms with van der Waals surface area (Å²) in [5.74, 6) is -1.14. The minimum atomic E-state index is -1.07. The lowest BCUT2D eigenvalue weighted by molar-refractivity contribution is 0.0665. The summed E-state index contributed by atoms with van der Waals surface area (Å²) in [7, 11) is 5.50. The standard InChI is InChI=1S/C9H5BO3/c10-6-2-1-5-3-8(9(11)12)13-7(5)4-6/h1-4H,(H,11,12). The van der Waals surface area contributed by atoms with Crippen LogP contribution >= 0.6 is 0 Å². The highest BCUT2D eigenvalue weighted by molar-refractivity contribution is 6.33. The average molecular weight is 172 g/mol. The van der Waals surface area contributed by atoms with Crippen molar-refractivity contribution in [2.24, 2.45) is 0 Å². The zero-order valence-corrected chi connectivity index (χ0v) is 6.65. The maximum atomic E-state index is 10.5. The fourth-order valence-corrected chi connectivity index (χ4v) is 1.15. The van der Waals surface area contributed by atoms with Crippen LogP contribution in [-0.4, -0.2) is 18.9 Å². The van der Waals surface area contributed by atoms with Gasteiger partial charge in [0, 0.05) is 5.39 Å². The van der Waals surface area contributed by atoms with Crippen LogP contribution in [0.25, 0.3) is 11.0 Å². The lowest BCUT2D eigenvalue weighted by atomic mass is 9.96. The molecule has 0 aliphatic heterocycles. The fraction of sp³-hybridized carbons (Fsp3) is 0. The summed E-state index contributed by atoms with van der Waals surface area (Å²) < 4.78 is 5.03. The van der Waals surface area contributed by atoms with Gasteiger partial charge < -0.3 is 9.52 Å². The van der Waals surface area contributed by atoms with Gasteiger partial charge in [-0.05, 0) is 12.1 Å². The topological polar surface area (TPSA) is 50.4 Å². The monoisotopic (exact) mass is 172 g/mol. The molecule has 1 aromatic carbocycles. The molecule has 13 heavy (non-hydrogen) atoms. The first kappa shape index (κ1) is 7.92. The second-order valence-corrected chi connectivity index (χ2v) is 2.71. The van der Waals surface area contributed by atoms with Crippen molar-refractivity contribution in [3.63, 3.8) is 0 Å². The molecule has 1 N–H and O–H groups in total. The number of hydrogen-bond acceptors (Lipinski definition) is 2. The molecule has 0 aliphatic carbocycles. The van der Waals surface area contributed by atoms with Crippen molar-refractivity contribution in [3.05, 3.63) is 30.0 Å². The Balaban J connectivity index is 2.68. The molecule has 62 valence electrons. The van der Waals surface area contributed by atoms with Crippen LogP contribution in [0.2, 0.25) is 0 Å². The Morgan fingerprint density at radius 3 is 2.85 bits per heavy atom. The predicted molar refractivity (Wildman–Crippen MR) is 48.6 cm³/mol. The molecule has 0 aliphatic rings. The molecule has 3 nitrogen and oxygen atoms in total. The molecule has 1 aromatic heterocycles. The van der Waals surface area contributed by atoms with E-state index in [4.69, 9.17) is 17.4 Å². The van der Waals surface area contributed by atoms with Crippen molar-refractivity contribution in [2.75, 3.05) is 0 Å². The summed E-state index contributed by atoms with van der Waals surface area (Å²) in [6.07, 6.45) is 0. The molecule has 0 spiro atoms. The van der Waals surface area contributed by atoms with Gasteiger partial charge in [-0.3, -0.25) is 0 Å². The lowest BCUT2D eigenvalue weighted by Gasteiger charge is -1.89. The Morgan fingerprint density at radius 2 is 2.15 bits per heavy atom. The van der Waals surface area contributed by atoms with Crippen LogP contribution < -0.4 is 5.46 Å². The number of fused-ring (bicyclic) bond motifs is 1. The molecule has 0 saturated carbocycles. The van der Waals surface area contributed by atoms with Crippen molar-refractivity contribution >= 4 is 30.2 Å². The molecule has 2 aromatic rings. The predicted octanol–water partition coefficient (Wildman–Crippen LogP) is 0.925. The molecule has 4 heteroatoms. The lowest BCUT2D eigenvalue weighted by Crippen LogP contribution is -1.98. The number of carboxylic acid groups (broad SMARTS) is 1. The van der Waals surface area contributed by atoms with Crippen LogP contribution in [0.1, 0.15) is 10.6 Å². The van der Waals surface area contributed by atoms with Crippen molar-refractivity contribution < 1.29 is 14.3 Å². The smallest absolute Gasteiger partial charge is 0.371 e. The molecule has 0 saturated heterocycles. The van der Waals surface area contributed by atoms with E-state index in [2.05, 4.69) is 0 Å². The van der Waals surface area contributed by atoms with Crippen LogP contribution in [0, 0.1) is 0 Å².